The summed E-state index contributed by atoms with van der Waals surface area (Å²) in [6.07, 6.45) is 5.95. The van der Waals surface area contributed by atoms with Crippen LogP contribution in [0.4, 0.5) is 0 Å². The van der Waals surface area contributed by atoms with Gasteiger partial charge in [-0.25, -0.2) is 10.0 Å². The molecule has 144 valence electrons. The molecule has 4 nitrogen and oxygen atoms in total. The van der Waals surface area contributed by atoms with E-state index < -0.39 is 5.54 Å². The van der Waals surface area contributed by atoms with Gasteiger partial charge in [0, 0.05) is 5.02 Å². The first-order valence-electron chi connectivity index (χ1n) is 9.92. The number of halogens is 2. The van der Waals surface area contributed by atoms with Crippen LogP contribution in [0.3, 0.4) is 0 Å². The molecule has 1 saturated heterocycles. The van der Waals surface area contributed by atoms with Crippen molar-refractivity contribution in [3.8, 4) is 0 Å². The maximum atomic E-state index is 13.4. The van der Waals surface area contributed by atoms with Gasteiger partial charge in [-0.05, 0) is 87.8 Å². The number of hydrogen-bond donors (Lipinski definition) is 0. The van der Waals surface area contributed by atoms with E-state index in [-0.39, 0.29) is 17.9 Å². The normalized spacial score (nSPS) is 36.1. The zero-order valence-electron chi connectivity index (χ0n) is 15.6. The average Bonchev–Trinajstić information content (AvgIpc) is 2.86. The first kappa shape index (κ1) is 17.8. The van der Waals surface area contributed by atoms with Crippen LogP contribution in [0.1, 0.15) is 56.3 Å². The molecule has 0 radical (unpaired) electrons. The van der Waals surface area contributed by atoms with Gasteiger partial charge in [0.15, 0.2) is 0 Å². The lowest BCUT2D eigenvalue weighted by Gasteiger charge is -2.59. The van der Waals surface area contributed by atoms with E-state index in [0.29, 0.717) is 21.5 Å². The largest absolute Gasteiger partial charge is 0.275 e. The summed E-state index contributed by atoms with van der Waals surface area (Å²) in [6.45, 7) is 3.63. The zero-order chi connectivity index (χ0) is 19.1. The van der Waals surface area contributed by atoms with Gasteiger partial charge in [-0.3, -0.25) is 9.59 Å². The lowest BCUT2D eigenvalue weighted by molar-refractivity contribution is -0.213. The maximum Gasteiger partial charge on any atom is 0.275 e. The molecule has 4 fully saturated rings. The Balaban J connectivity index is 1.48. The lowest BCUT2D eigenvalue weighted by atomic mass is 9.64. The molecule has 5 atom stereocenters. The molecule has 2 amide bonds. The van der Waals surface area contributed by atoms with Gasteiger partial charge in [-0.2, -0.15) is 0 Å². The molecule has 1 heterocycles. The van der Waals surface area contributed by atoms with E-state index in [1.165, 1.54) is 25.7 Å². The Morgan fingerprint density at radius 2 is 1.81 bits per heavy atom. The van der Waals surface area contributed by atoms with Crippen molar-refractivity contribution in [1.82, 2.24) is 10.0 Å². The molecular formula is C21H24Cl2N2O2. The van der Waals surface area contributed by atoms with E-state index in [2.05, 4.69) is 0 Å². The molecule has 1 aliphatic heterocycles. The Morgan fingerprint density at radius 1 is 1.07 bits per heavy atom. The minimum atomic E-state index is -0.851. The summed E-state index contributed by atoms with van der Waals surface area (Å²) in [7, 11) is 0. The summed E-state index contributed by atoms with van der Waals surface area (Å²) < 4.78 is 0. The Labute approximate surface area is 169 Å². The summed E-state index contributed by atoms with van der Waals surface area (Å²) >= 11 is 12.4. The number of fused-ring (bicyclic) bond motifs is 1. The third-order valence-electron chi connectivity index (χ3n) is 7.52. The number of rotatable bonds is 2. The minimum absolute atomic E-state index is 0.0398. The second kappa shape index (κ2) is 5.87. The summed E-state index contributed by atoms with van der Waals surface area (Å²) in [5.41, 5.74) is -0.494. The SMILES string of the molecule is CC1(C)C(=O)N(C2CCC3CC4CC2CC34)N1C(=O)c1cc(Cl)ccc1Cl. The van der Waals surface area contributed by atoms with E-state index in [9.17, 15) is 9.59 Å². The van der Waals surface area contributed by atoms with Crippen LogP contribution >= 0.6 is 23.2 Å². The van der Waals surface area contributed by atoms with Gasteiger partial charge in [0.2, 0.25) is 0 Å². The van der Waals surface area contributed by atoms with E-state index in [1.807, 2.05) is 13.8 Å². The fourth-order valence-electron chi connectivity index (χ4n) is 6.12. The zero-order valence-corrected chi connectivity index (χ0v) is 17.1. The molecule has 4 aliphatic rings. The third kappa shape index (κ3) is 2.42. The summed E-state index contributed by atoms with van der Waals surface area (Å²) in [5.74, 6) is 2.85. The highest BCUT2D eigenvalue weighted by atomic mass is 35.5. The lowest BCUT2D eigenvalue weighted by Crippen LogP contribution is -2.79. The van der Waals surface area contributed by atoms with Crippen LogP contribution in [-0.2, 0) is 4.79 Å². The van der Waals surface area contributed by atoms with Crippen molar-refractivity contribution in [3.05, 3.63) is 33.8 Å². The van der Waals surface area contributed by atoms with Crippen LogP contribution in [0.2, 0.25) is 10.0 Å². The average molecular weight is 407 g/mol. The van der Waals surface area contributed by atoms with E-state index in [1.54, 1.807) is 28.2 Å². The van der Waals surface area contributed by atoms with Gasteiger partial charge in [0.05, 0.1) is 16.6 Å². The number of carbonyl (C=O) groups is 2. The topological polar surface area (TPSA) is 40.6 Å². The molecule has 5 rings (SSSR count). The quantitative estimate of drug-likeness (QED) is 0.707. The summed E-state index contributed by atoms with van der Waals surface area (Å²) in [6, 6.07) is 5.03. The van der Waals surface area contributed by atoms with E-state index in [4.69, 9.17) is 23.2 Å². The Morgan fingerprint density at radius 3 is 2.59 bits per heavy atom. The maximum absolute atomic E-state index is 13.4. The predicted molar refractivity (Wildman–Crippen MR) is 104 cm³/mol. The number of hydrazine groups is 1. The van der Waals surface area contributed by atoms with Crippen molar-refractivity contribution >= 4 is 35.0 Å². The number of amides is 2. The summed E-state index contributed by atoms with van der Waals surface area (Å²) in [5, 5.41) is 4.23. The molecule has 6 heteroatoms. The van der Waals surface area contributed by atoms with Gasteiger partial charge in [-0.15, -0.1) is 0 Å². The molecule has 0 spiro atoms. The predicted octanol–water partition coefficient (Wildman–Crippen LogP) is 4.80. The molecular weight excluding hydrogens is 383 g/mol. The van der Waals surface area contributed by atoms with Crippen molar-refractivity contribution in [2.24, 2.45) is 23.7 Å². The molecule has 0 aromatic heterocycles. The highest BCUT2D eigenvalue weighted by Gasteiger charge is 2.61. The van der Waals surface area contributed by atoms with Crippen LogP contribution in [-0.4, -0.2) is 33.4 Å². The third-order valence-corrected chi connectivity index (χ3v) is 8.08. The van der Waals surface area contributed by atoms with Crippen molar-refractivity contribution in [3.63, 3.8) is 0 Å². The number of benzene rings is 1. The molecule has 0 N–H and O–H groups in total. The van der Waals surface area contributed by atoms with Crippen molar-refractivity contribution in [2.45, 2.75) is 57.5 Å². The van der Waals surface area contributed by atoms with Crippen LogP contribution in [0.15, 0.2) is 18.2 Å². The van der Waals surface area contributed by atoms with Crippen molar-refractivity contribution < 1.29 is 9.59 Å². The second-order valence-corrected chi connectivity index (χ2v) is 10.1. The van der Waals surface area contributed by atoms with Gasteiger partial charge < -0.3 is 0 Å². The van der Waals surface area contributed by atoms with Gasteiger partial charge in [0.25, 0.3) is 11.8 Å². The molecule has 3 saturated carbocycles. The van der Waals surface area contributed by atoms with Gasteiger partial charge in [0.1, 0.15) is 5.54 Å². The second-order valence-electron chi connectivity index (χ2n) is 9.25. The van der Waals surface area contributed by atoms with Crippen LogP contribution in [0.5, 0.6) is 0 Å². The van der Waals surface area contributed by atoms with Gasteiger partial charge >= 0.3 is 0 Å². The van der Waals surface area contributed by atoms with Crippen LogP contribution in [0, 0.1) is 23.7 Å². The van der Waals surface area contributed by atoms with E-state index >= 15 is 0 Å². The van der Waals surface area contributed by atoms with Crippen molar-refractivity contribution in [2.75, 3.05) is 0 Å². The monoisotopic (exact) mass is 406 g/mol. The number of nitrogens with zero attached hydrogens (tertiary/aromatic N) is 2. The fraction of sp³-hybridized carbons (Fsp3) is 0.619. The number of carbonyl (C=O) groups excluding carboxylic acids is 2. The number of hydrogen-bond acceptors (Lipinski definition) is 2. The summed E-state index contributed by atoms with van der Waals surface area (Å²) in [4.78, 5) is 26.4. The first-order valence-corrected chi connectivity index (χ1v) is 10.7. The molecule has 27 heavy (non-hydrogen) atoms. The Hall–Kier alpha value is -1.26. The highest BCUT2D eigenvalue weighted by Crippen LogP contribution is 2.59. The fourth-order valence-corrected chi connectivity index (χ4v) is 6.49. The van der Waals surface area contributed by atoms with Gasteiger partial charge in [-0.1, -0.05) is 23.2 Å². The highest BCUT2D eigenvalue weighted by molar-refractivity contribution is 6.36. The Bertz CT molecular complexity index is 839. The van der Waals surface area contributed by atoms with Crippen molar-refractivity contribution in [1.29, 1.82) is 0 Å². The Kier molecular flexibility index (Phi) is 3.87. The first-order chi connectivity index (χ1) is 12.8. The molecule has 2 bridgehead atoms. The van der Waals surface area contributed by atoms with Crippen LogP contribution in [0.25, 0.3) is 0 Å². The minimum Gasteiger partial charge on any atom is -0.270 e. The standard InChI is InChI=1S/C21H24Cl2N2O2/c1-21(2)20(27)24(18-6-3-11-7-12-8-13(18)9-15(11)12)25(21)19(26)16-10-14(22)4-5-17(16)23/h4-5,10-13,15,18H,3,6-9H2,1-2H3. The molecule has 1 aromatic rings. The molecule has 1 aromatic carbocycles. The smallest absolute Gasteiger partial charge is 0.270 e. The van der Waals surface area contributed by atoms with E-state index in [0.717, 1.165) is 24.2 Å². The molecule has 5 unspecified atom stereocenters. The van der Waals surface area contributed by atoms with Crippen LogP contribution < -0.4 is 0 Å². The molecule has 3 aliphatic carbocycles.